The van der Waals surface area contributed by atoms with Crippen LogP contribution >= 0.6 is 0 Å². The van der Waals surface area contributed by atoms with Crippen molar-refractivity contribution in [3.63, 3.8) is 0 Å². The molecule has 2 N–H and O–H groups in total. The number of rotatable bonds is 1. The van der Waals surface area contributed by atoms with Crippen molar-refractivity contribution in [1.82, 2.24) is 4.90 Å². The molecule has 21 heavy (non-hydrogen) atoms. The summed E-state index contributed by atoms with van der Waals surface area (Å²) in [5.74, 6) is 0.598. The molecular formula is C18H24N2O. The van der Waals surface area contributed by atoms with Gasteiger partial charge in [-0.3, -0.25) is 4.79 Å². The minimum atomic E-state index is 0.192. The first kappa shape index (κ1) is 13.3. The first-order valence-electron chi connectivity index (χ1n) is 8.37. The number of nitrogens with two attached hydrogens (primary N) is 1. The van der Waals surface area contributed by atoms with E-state index in [1.54, 1.807) is 0 Å². The van der Waals surface area contributed by atoms with Crippen molar-refractivity contribution in [2.45, 2.75) is 63.1 Å². The van der Waals surface area contributed by atoms with E-state index in [0.717, 1.165) is 44.9 Å². The second-order valence-electron chi connectivity index (χ2n) is 7.07. The zero-order valence-electron chi connectivity index (χ0n) is 12.5. The van der Waals surface area contributed by atoms with Crippen molar-refractivity contribution >= 4 is 5.91 Å². The number of amides is 1. The van der Waals surface area contributed by atoms with E-state index in [-0.39, 0.29) is 5.92 Å². The van der Waals surface area contributed by atoms with Gasteiger partial charge >= 0.3 is 0 Å². The normalized spacial score (nSPS) is 34.6. The lowest BCUT2D eigenvalue weighted by molar-refractivity contribution is -0.140. The average molecular weight is 284 g/mol. The smallest absolute Gasteiger partial charge is 0.226 e. The zero-order valence-corrected chi connectivity index (χ0v) is 12.5. The fourth-order valence-corrected chi connectivity index (χ4v) is 4.70. The van der Waals surface area contributed by atoms with Gasteiger partial charge in [-0.05, 0) is 56.1 Å². The molecule has 4 rings (SSSR count). The van der Waals surface area contributed by atoms with Gasteiger partial charge in [-0.1, -0.05) is 24.3 Å². The van der Waals surface area contributed by atoms with Gasteiger partial charge in [0.1, 0.15) is 0 Å². The largest absolute Gasteiger partial charge is 0.336 e. The molecule has 2 fully saturated rings. The number of aryl methyl sites for hydroxylation is 1. The number of carbonyl (C=O) groups excluding carboxylic acids is 1. The highest BCUT2D eigenvalue weighted by molar-refractivity contribution is 5.80. The average Bonchev–Trinajstić information content (AvgIpc) is 2.78. The Morgan fingerprint density at radius 3 is 2.43 bits per heavy atom. The van der Waals surface area contributed by atoms with Gasteiger partial charge in [0.15, 0.2) is 0 Å². The molecule has 2 aliphatic heterocycles. The zero-order chi connectivity index (χ0) is 14.4. The van der Waals surface area contributed by atoms with Crippen molar-refractivity contribution in [3.8, 4) is 0 Å². The Kier molecular flexibility index (Phi) is 3.26. The predicted molar refractivity (Wildman–Crippen MR) is 82.8 cm³/mol. The molecule has 3 heteroatoms. The second kappa shape index (κ2) is 5.13. The fourth-order valence-electron chi connectivity index (χ4n) is 4.70. The Morgan fingerprint density at radius 2 is 1.71 bits per heavy atom. The van der Waals surface area contributed by atoms with Crippen LogP contribution in [0.2, 0.25) is 0 Å². The summed E-state index contributed by atoms with van der Waals surface area (Å²) < 4.78 is 0. The fraction of sp³-hybridized carbons (Fsp3) is 0.611. The number of nitrogens with zero attached hydrogens (tertiary/aromatic N) is 1. The summed E-state index contributed by atoms with van der Waals surface area (Å²) in [6, 6.07) is 9.74. The monoisotopic (exact) mass is 284 g/mol. The maximum atomic E-state index is 13.0. The van der Waals surface area contributed by atoms with Crippen LogP contribution in [0.4, 0.5) is 0 Å². The van der Waals surface area contributed by atoms with Crippen molar-refractivity contribution < 1.29 is 4.79 Å². The third kappa shape index (κ3) is 2.28. The first-order chi connectivity index (χ1) is 10.2. The number of carbonyl (C=O) groups is 1. The second-order valence-corrected chi connectivity index (χ2v) is 7.07. The van der Waals surface area contributed by atoms with Gasteiger partial charge in [0.2, 0.25) is 5.91 Å². The molecule has 3 unspecified atom stereocenters. The minimum Gasteiger partial charge on any atom is -0.336 e. The maximum Gasteiger partial charge on any atom is 0.226 e. The van der Waals surface area contributed by atoms with Gasteiger partial charge in [-0.15, -0.1) is 0 Å². The molecule has 1 aromatic rings. The van der Waals surface area contributed by atoms with Gasteiger partial charge in [0.05, 0.1) is 0 Å². The summed E-state index contributed by atoms with van der Waals surface area (Å²) in [5.41, 5.74) is 8.93. The molecule has 1 amide bonds. The Hall–Kier alpha value is -1.35. The Bertz CT molecular complexity index is 542. The van der Waals surface area contributed by atoms with Gasteiger partial charge in [-0.2, -0.15) is 0 Å². The number of hydrogen-bond donors (Lipinski definition) is 1. The maximum absolute atomic E-state index is 13.0. The number of fused-ring (bicyclic) bond motifs is 3. The van der Waals surface area contributed by atoms with Gasteiger partial charge in [-0.25, -0.2) is 0 Å². The van der Waals surface area contributed by atoms with Gasteiger partial charge < -0.3 is 10.6 Å². The van der Waals surface area contributed by atoms with Crippen LogP contribution in [0.1, 0.15) is 43.2 Å². The van der Waals surface area contributed by atoms with Crippen molar-refractivity contribution in [3.05, 3.63) is 35.4 Å². The Morgan fingerprint density at radius 1 is 1.05 bits per heavy atom. The van der Waals surface area contributed by atoms with E-state index >= 15 is 0 Å². The molecule has 3 aliphatic rings. The highest BCUT2D eigenvalue weighted by Gasteiger charge is 2.44. The Labute approximate surface area is 126 Å². The van der Waals surface area contributed by atoms with E-state index in [4.69, 9.17) is 5.73 Å². The molecular weight excluding hydrogens is 260 g/mol. The molecule has 3 nitrogen and oxygen atoms in total. The molecule has 2 saturated heterocycles. The first-order valence-corrected chi connectivity index (χ1v) is 8.37. The molecule has 1 aromatic carbocycles. The topological polar surface area (TPSA) is 46.3 Å². The highest BCUT2D eigenvalue weighted by Crippen LogP contribution is 2.38. The molecule has 0 aromatic heterocycles. The molecule has 2 bridgehead atoms. The van der Waals surface area contributed by atoms with Gasteiger partial charge in [0.25, 0.3) is 0 Å². The molecule has 112 valence electrons. The van der Waals surface area contributed by atoms with E-state index in [0.29, 0.717) is 24.0 Å². The van der Waals surface area contributed by atoms with Crippen molar-refractivity contribution in [2.24, 2.45) is 11.7 Å². The van der Waals surface area contributed by atoms with Crippen LogP contribution in [0.3, 0.4) is 0 Å². The molecule has 2 heterocycles. The molecule has 0 saturated carbocycles. The minimum absolute atomic E-state index is 0.192. The Balaban J connectivity index is 1.52. The van der Waals surface area contributed by atoms with E-state index in [1.807, 2.05) is 0 Å². The lowest BCUT2D eigenvalue weighted by Crippen LogP contribution is -2.52. The predicted octanol–water partition coefficient (Wildman–Crippen LogP) is 2.27. The van der Waals surface area contributed by atoms with Crippen LogP contribution in [0.25, 0.3) is 0 Å². The standard InChI is InChI=1S/C18H24N2O/c19-15-10-16-7-8-17(11-15)20(16)18(21)14-6-5-12-3-1-2-4-13(12)9-14/h1-4,14-17H,5-11,19H2. The summed E-state index contributed by atoms with van der Waals surface area (Å²) >= 11 is 0. The lowest BCUT2D eigenvalue weighted by Gasteiger charge is -2.40. The summed E-state index contributed by atoms with van der Waals surface area (Å²) in [6.45, 7) is 0. The number of hydrogen-bond acceptors (Lipinski definition) is 2. The summed E-state index contributed by atoms with van der Waals surface area (Å²) in [5, 5.41) is 0. The van der Waals surface area contributed by atoms with Crippen molar-refractivity contribution in [1.29, 1.82) is 0 Å². The molecule has 0 spiro atoms. The van der Waals surface area contributed by atoms with Crippen LogP contribution in [-0.4, -0.2) is 28.9 Å². The van der Waals surface area contributed by atoms with Crippen LogP contribution < -0.4 is 5.73 Å². The van der Waals surface area contributed by atoms with Crippen LogP contribution in [0, 0.1) is 5.92 Å². The quantitative estimate of drug-likeness (QED) is 0.860. The van der Waals surface area contributed by atoms with E-state index in [1.165, 1.54) is 11.1 Å². The SMILES string of the molecule is NC1CC2CCC(C1)N2C(=O)C1CCc2ccccc2C1. The van der Waals surface area contributed by atoms with Crippen LogP contribution in [0.5, 0.6) is 0 Å². The number of benzene rings is 1. The van der Waals surface area contributed by atoms with Crippen LogP contribution in [-0.2, 0) is 17.6 Å². The molecule has 3 atom stereocenters. The summed E-state index contributed by atoms with van der Waals surface area (Å²) in [6.07, 6.45) is 7.32. The number of piperidine rings is 1. The lowest BCUT2D eigenvalue weighted by atomic mass is 9.82. The summed E-state index contributed by atoms with van der Waals surface area (Å²) in [4.78, 5) is 15.2. The van der Waals surface area contributed by atoms with Crippen molar-refractivity contribution in [2.75, 3.05) is 0 Å². The van der Waals surface area contributed by atoms with E-state index in [9.17, 15) is 4.79 Å². The molecule has 1 aliphatic carbocycles. The molecule has 0 radical (unpaired) electrons. The highest BCUT2D eigenvalue weighted by atomic mass is 16.2. The van der Waals surface area contributed by atoms with Gasteiger partial charge in [0, 0.05) is 24.0 Å². The summed E-state index contributed by atoms with van der Waals surface area (Å²) in [7, 11) is 0. The third-order valence-electron chi connectivity index (χ3n) is 5.72. The van der Waals surface area contributed by atoms with Crippen LogP contribution in [0.15, 0.2) is 24.3 Å². The third-order valence-corrected chi connectivity index (χ3v) is 5.72. The van der Waals surface area contributed by atoms with E-state index < -0.39 is 0 Å². The van der Waals surface area contributed by atoms with E-state index in [2.05, 4.69) is 29.2 Å².